The van der Waals surface area contributed by atoms with Crippen LogP contribution in [0.4, 0.5) is 0 Å². The Balaban J connectivity index is 1.58. The first-order valence-electron chi connectivity index (χ1n) is 10.7. The second kappa shape index (κ2) is 7.98. The number of nitrogens with zero attached hydrogens (tertiary/aromatic N) is 2. The van der Waals surface area contributed by atoms with E-state index in [4.69, 9.17) is 0 Å². The van der Waals surface area contributed by atoms with Crippen LogP contribution in [0, 0.1) is 20.8 Å². The molecular weight excluding hydrogens is 432 g/mol. The first-order valence-corrected chi connectivity index (χ1v) is 11.5. The van der Waals surface area contributed by atoms with E-state index in [9.17, 15) is 14.4 Å². The topological polar surface area (TPSA) is 59.4 Å². The second-order valence-electron chi connectivity index (χ2n) is 8.20. The van der Waals surface area contributed by atoms with Crippen molar-refractivity contribution in [1.29, 1.82) is 0 Å². The third kappa shape index (κ3) is 3.34. The van der Waals surface area contributed by atoms with Crippen LogP contribution in [0.15, 0.2) is 66.7 Å². The molecule has 2 aromatic heterocycles. The number of aromatic nitrogens is 1. The fourth-order valence-corrected chi connectivity index (χ4v) is 5.56. The highest BCUT2D eigenvalue weighted by molar-refractivity contribution is 7.15. The molecule has 0 saturated heterocycles. The van der Waals surface area contributed by atoms with Gasteiger partial charge in [0.1, 0.15) is 5.00 Å². The smallest absolute Gasteiger partial charge is 0.261 e. The Bertz CT molecular complexity index is 1390. The van der Waals surface area contributed by atoms with E-state index in [0.717, 1.165) is 26.8 Å². The van der Waals surface area contributed by atoms with E-state index in [1.54, 1.807) is 35.6 Å². The highest BCUT2D eigenvalue weighted by Gasteiger charge is 2.36. The predicted octanol–water partition coefficient (Wildman–Crippen LogP) is 5.49. The Morgan fingerprint density at radius 3 is 2.06 bits per heavy atom. The van der Waals surface area contributed by atoms with E-state index >= 15 is 0 Å². The van der Waals surface area contributed by atoms with Gasteiger partial charge in [0.05, 0.1) is 23.2 Å². The summed E-state index contributed by atoms with van der Waals surface area (Å²) in [4.78, 5) is 41.7. The lowest BCUT2D eigenvalue weighted by Crippen LogP contribution is -2.30. The van der Waals surface area contributed by atoms with Crippen LogP contribution in [0.2, 0.25) is 0 Å². The summed E-state index contributed by atoms with van der Waals surface area (Å²) in [6, 6.07) is 20.0. The summed E-state index contributed by atoms with van der Waals surface area (Å²) in [5, 5.41) is 0.813. The molecule has 0 unspecified atom stereocenters. The van der Waals surface area contributed by atoms with Gasteiger partial charge in [0.15, 0.2) is 5.78 Å². The van der Waals surface area contributed by atoms with Crippen molar-refractivity contribution in [3.63, 3.8) is 0 Å². The fourth-order valence-electron chi connectivity index (χ4n) is 4.32. The average Bonchev–Trinajstić information content (AvgIpc) is 3.42. The standard InChI is InChI=1S/C27H22N2O3S/c1-16-13-14-20(15-28-25(31)21-11-7-8-12-22(21)26(28)32)29(16)27-23(17(2)18(3)33-27)24(30)19-9-5-4-6-10-19/h4-14H,15H2,1-3H3. The number of hydrogen-bond donors (Lipinski definition) is 0. The van der Waals surface area contributed by atoms with Crippen molar-refractivity contribution in [3.8, 4) is 5.00 Å². The van der Waals surface area contributed by atoms with E-state index in [2.05, 4.69) is 0 Å². The average molecular weight is 455 g/mol. The molecule has 164 valence electrons. The van der Waals surface area contributed by atoms with Crippen molar-refractivity contribution >= 4 is 28.9 Å². The van der Waals surface area contributed by atoms with Gasteiger partial charge in [-0.3, -0.25) is 19.3 Å². The molecule has 1 aliphatic heterocycles. The summed E-state index contributed by atoms with van der Waals surface area (Å²) >= 11 is 1.55. The molecule has 0 atom stereocenters. The molecule has 0 radical (unpaired) electrons. The lowest BCUT2D eigenvalue weighted by atomic mass is 10.0. The number of imide groups is 1. The first kappa shape index (κ1) is 21.1. The predicted molar refractivity (Wildman–Crippen MR) is 128 cm³/mol. The summed E-state index contributed by atoms with van der Waals surface area (Å²) < 4.78 is 2.00. The van der Waals surface area contributed by atoms with Crippen molar-refractivity contribution in [2.75, 3.05) is 0 Å². The van der Waals surface area contributed by atoms with Crippen LogP contribution in [0.1, 0.15) is 58.5 Å². The largest absolute Gasteiger partial charge is 0.307 e. The molecular formula is C27H22N2O3S. The summed E-state index contributed by atoms with van der Waals surface area (Å²) in [7, 11) is 0. The summed E-state index contributed by atoms with van der Waals surface area (Å²) in [5.41, 5.74) is 4.82. The van der Waals surface area contributed by atoms with Crippen LogP contribution in [0.3, 0.4) is 0 Å². The number of ketones is 1. The van der Waals surface area contributed by atoms with Crippen LogP contribution in [0.25, 0.3) is 5.00 Å². The van der Waals surface area contributed by atoms with Crippen LogP contribution in [-0.4, -0.2) is 27.1 Å². The van der Waals surface area contributed by atoms with Gasteiger partial charge in [0.25, 0.3) is 11.8 Å². The van der Waals surface area contributed by atoms with Crippen molar-refractivity contribution in [3.05, 3.63) is 111 Å². The Labute approximate surface area is 195 Å². The zero-order valence-corrected chi connectivity index (χ0v) is 19.4. The molecule has 2 amide bonds. The van der Waals surface area contributed by atoms with Crippen LogP contribution in [0.5, 0.6) is 0 Å². The number of amides is 2. The lowest BCUT2D eigenvalue weighted by molar-refractivity contribution is 0.0639. The molecule has 5 nitrogen and oxygen atoms in total. The molecule has 0 fully saturated rings. The third-order valence-corrected chi connectivity index (χ3v) is 7.38. The molecule has 0 saturated carbocycles. The summed E-state index contributed by atoms with van der Waals surface area (Å²) in [6.45, 7) is 6.07. The Hall–Kier alpha value is -3.77. The summed E-state index contributed by atoms with van der Waals surface area (Å²) in [6.07, 6.45) is 0. The molecule has 1 aliphatic rings. The van der Waals surface area contributed by atoms with Crippen molar-refractivity contribution < 1.29 is 14.4 Å². The van der Waals surface area contributed by atoms with E-state index < -0.39 is 0 Å². The summed E-state index contributed by atoms with van der Waals surface area (Å²) in [5.74, 6) is -0.618. The maximum Gasteiger partial charge on any atom is 0.261 e. The number of carbonyl (C=O) groups excluding carboxylic acids is 3. The molecule has 5 rings (SSSR count). The minimum Gasteiger partial charge on any atom is -0.307 e. The molecule has 4 aromatic rings. The van der Waals surface area contributed by atoms with Crippen molar-refractivity contribution in [2.24, 2.45) is 0 Å². The Kier molecular flexibility index (Phi) is 5.10. The number of carbonyl (C=O) groups is 3. The molecule has 3 heterocycles. The minimum absolute atomic E-state index is 0.0350. The van der Waals surface area contributed by atoms with Crippen LogP contribution in [-0.2, 0) is 6.54 Å². The maximum atomic E-state index is 13.5. The Morgan fingerprint density at radius 2 is 1.42 bits per heavy atom. The number of benzene rings is 2. The van der Waals surface area contributed by atoms with Gasteiger partial charge in [-0.2, -0.15) is 0 Å². The van der Waals surface area contributed by atoms with Crippen molar-refractivity contribution in [1.82, 2.24) is 9.47 Å². The van der Waals surface area contributed by atoms with Gasteiger partial charge in [0.2, 0.25) is 0 Å². The number of thiophene rings is 1. The van der Waals surface area contributed by atoms with Gasteiger partial charge in [0, 0.05) is 21.8 Å². The molecule has 2 aromatic carbocycles. The quantitative estimate of drug-likeness (QED) is 0.296. The molecule has 0 spiro atoms. The number of hydrogen-bond acceptors (Lipinski definition) is 4. The van der Waals surface area contributed by atoms with Gasteiger partial charge in [-0.1, -0.05) is 42.5 Å². The van der Waals surface area contributed by atoms with E-state index in [1.807, 2.05) is 67.8 Å². The Morgan fingerprint density at radius 1 is 0.818 bits per heavy atom. The first-order chi connectivity index (χ1) is 15.9. The highest BCUT2D eigenvalue weighted by Crippen LogP contribution is 2.35. The molecule has 33 heavy (non-hydrogen) atoms. The highest BCUT2D eigenvalue weighted by atomic mass is 32.1. The van der Waals surface area contributed by atoms with Gasteiger partial charge in [-0.05, 0) is 50.6 Å². The fraction of sp³-hybridized carbons (Fsp3) is 0.148. The van der Waals surface area contributed by atoms with Crippen LogP contribution < -0.4 is 0 Å². The van der Waals surface area contributed by atoms with Gasteiger partial charge in [-0.25, -0.2) is 0 Å². The van der Waals surface area contributed by atoms with E-state index in [1.165, 1.54) is 4.90 Å². The molecule has 0 N–H and O–H groups in total. The monoisotopic (exact) mass is 454 g/mol. The number of rotatable bonds is 5. The van der Waals surface area contributed by atoms with E-state index in [0.29, 0.717) is 22.3 Å². The second-order valence-corrected chi connectivity index (χ2v) is 9.41. The third-order valence-electron chi connectivity index (χ3n) is 6.19. The molecule has 6 heteroatoms. The lowest BCUT2D eigenvalue weighted by Gasteiger charge is -2.17. The minimum atomic E-state index is -0.292. The normalized spacial score (nSPS) is 13.0. The van der Waals surface area contributed by atoms with Crippen molar-refractivity contribution in [2.45, 2.75) is 27.3 Å². The number of fused-ring (bicyclic) bond motifs is 1. The molecule has 0 bridgehead atoms. The number of aryl methyl sites for hydroxylation is 2. The van der Waals surface area contributed by atoms with E-state index in [-0.39, 0.29) is 24.1 Å². The zero-order chi connectivity index (χ0) is 23.3. The maximum absolute atomic E-state index is 13.5. The molecule has 0 aliphatic carbocycles. The van der Waals surface area contributed by atoms with Gasteiger partial charge in [-0.15, -0.1) is 11.3 Å². The SMILES string of the molecule is Cc1sc(-n2c(C)ccc2CN2C(=O)c3ccccc3C2=O)c(C(=O)c2ccccc2)c1C. The zero-order valence-electron chi connectivity index (χ0n) is 18.6. The van der Waals surface area contributed by atoms with Crippen LogP contribution >= 0.6 is 11.3 Å². The van der Waals surface area contributed by atoms with Gasteiger partial charge < -0.3 is 4.57 Å². The van der Waals surface area contributed by atoms with Gasteiger partial charge >= 0.3 is 0 Å².